The topological polar surface area (TPSA) is 121 Å². The van der Waals surface area contributed by atoms with Crippen molar-refractivity contribution in [2.24, 2.45) is 0 Å². The summed E-state index contributed by atoms with van der Waals surface area (Å²) >= 11 is 0. The van der Waals surface area contributed by atoms with Gasteiger partial charge in [-0.3, -0.25) is 15.0 Å². The Kier molecular flexibility index (Phi) is 6.54. The summed E-state index contributed by atoms with van der Waals surface area (Å²) < 4.78 is 26.9. The lowest BCUT2D eigenvalue weighted by Gasteiger charge is -2.33. The van der Waals surface area contributed by atoms with E-state index in [0.29, 0.717) is 11.3 Å². The number of aromatic nitrogens is 3. The van der Waals surface area contributed by atoms with E-state index in [1.807, 2.05) is 12.1 Å². The number of nitrogens with zero attached hydrogens (tertiary/aromatic N) is 5. The standard InChI is InChI=1S/C22H24N6O4S/c1-26-10-12-27(13-11-26)21-14-18(6-8-23-21)20-4-3-19(15-24-20)33(31,32)28-9-7-17(16-28)2-5-22(29)25-30/h2-9,14-16,30H,10-13H2,1H3,(H,25,29)/b5-2+. The van der Waals surface area contributed by atoms with E-state index in [1.165, 1.54) is 42.3 Å². The van der Waals surface area contributed by atoms with E-state index in [9.17, 15) is 13.2 Å². The molecule has 3 aromatic heterocycles. The number of anilines is 1. The highest BCUT2D eigenvalue weighted by Crippen LogP contribution is 2.24. The van der Waals surface area contributed by atoms with Crippen molar-refractivity contribution < 1.29 is 18.4 Å². The minimum atomic E-state index is -3.85. The SMILES string of the molecule is CN1CCN(c2cc(-c3ccc(S(=O)(=O)n4ccc(/C=C/C(=O)NO)c4)cn3)ccn2)CC1. The summed E-state index contributed by atoms with van der Waals surface area (Å²) in [6.07, 6.45) is 8.30. The Labute approximate surface area is 191 Å². The number of hydrogen-bond acceptors (Lipinski definition) is 8. The van der Waals surface area contributed by atoms with E-state index in [2.05, 4.69) is 26.8 Å². The largest absolute Gasteiger partial charge is 0.354 e. The van der Waals surface area contributed by atoms with E-state index in [0.717, 1.165) is 47.6 Å². The molecule has 1 saturated heterocycles. The zero-order valence-electron chi connectivity index (χ0n) is 18.0. The van der Waals surface area contributed by atoms with E-state index >= 15 is 0 Å². The van der Waals surface area contributed by atoms with Gasteiger partial charge in [0.25, 0.3) is 15.9 Å². The van der Waals surface area contributed by atoms with Gasteiger partial charge in [0.2, 0.25) is 0 Å². The fraction of sp³-hybridized carbons (Fsp3) is 0.227. The second-order valence-corrected chi connectivity index (χ2v) is 9.50. The van der Waals surface area contributed by atoms with Crippen molar-refractivity contribution in [3.63, 3.8) is 0 Å². The number of likely N-dealkylation sites (N-methyl/N-ethyl adjacent to an activating group) is 1. The third-order valence-corrected chi connectivity index (χ3v) is 7.03. The Morgan fingerprint density at radius 2 is 1.91 bits per heavy atom. The Balaban J connectivity index is 1.53. The molecular weight excluding hydrogens is 444 g/mol. The van der Waals surface area contributed by atoms with Crippen molar-refractivity contribution in [2.75, 3.05) is 38.1 Å². The minimum absolute atomic E-state index is 0.0406. The zero-order chi connectivity index (χ0) is 23.4. The predicted octanol–water partition coefficient (Wildman–Crippen LogP) is 1.45. The number of rotatable bonds is 6. The van der Waals surface area contributed by atoms with Gasteiger partial charge in [0, 0.05) is 62.6 Å². The number of amides is 1. The Bertz CT molecular complexity index is 1260. The second-order valence-electron chi connectivity index (χ2n) is 7.66. The molecule has 172 valence electrons. The summed E-state index contributed by atoms with van der Waals surface area (Å²) in [5, 5.41) is 8.53. The molecule has 0 bridgehead atoms. The van der Waals surface area contributed by atoms with Crippen LogP contribution in [0.25, 0.3) is 17.3 Å². The van der Waals surface area contributed by atoms with Gasteiger partial charge in [-0.2, -0.15) is 0 Å². The van der Waals surface area contributed by atoms with Crippen LogP contribution in [0.4, 0.5) is 5.82 Å². The van der Waals surface area contributed by atoms with Gasteiger partial charge in [0.15, 0.2) is 0 Å². The van der Waals surface area contributed by atoms with Crippen molar-refractivity contribution in [1.82, 2.24) is 24.3 Å². The maximum absolute atomic E-state index is 12.9. The highest BCUT2D eigenvalue weighted by molar-refractivity contribution is 7.90. The number of piperazine rings is 1. The fourth-order valence-corrected chi connectivity index (χ4v) is 4.61. The summed E-state index contributed by atoms with van der Waals surface area (Å²) in [5.41, 5.74) is 3.47. The Morgan fingerprint density at radius 3 is 2.61 bits per heavy atom. The molecule has 0 unspecified atom stereocenters. The molecule has 1 aliphatic rings. The summed E-state index contributed by atoms with van der Waals surface area (Å²) in [6, 6.07) is 8.55. The molecular formula is C22H24N6O4S. The number of nitrogens with one attached hydrogen (secondary N) is 1. The van der Waals surface area contributed by atoms with E-state index < -0.39 is 15.9 Å². The van der Waals surface area contributed by atoms with Crippen LogP contribution in [0.15, 0.2) is 66.1 Å². The molecule has 0 radical (unpaired) electrons. The van der Waals surface area contributed by atoms with E-state index in [1.54, 1.807) is 12.3 Å². The molecule has 33 heavy (non-hydrogen) atoms. The molecule has 1 amide bonds. The molecule has 1 aliphatic heterocycles. The molecule has 3 aromatic rings. The van der Waals surface area contributed by atoms with Gasteiger partial charge in [-0.15, -0.1) is 0 Å². The van der Waals surface area contributed by atoms with Gasteiger partial charge < -0.3 is 9.80 Å². The van der Waals surface area contributed by atoms with Gasteiger partial charge in [-0.1, -0.05) is 0 Å². The first kappa shape index (κ1) is 22.6. The monoisotopic (exact) mass is 468 g/mol. The number of pyridine rings is 2. The van der Waals surface area contributed by atoms with Crippen LogP contribution in [0.3, 0.4) is 0 Å². The zero-order valence-corrected chi connectivity index (χ0v) is 18.8. The third-order valence-electron chi connectivity index (χ3n) is 5.41. The van der Waals surface area contributed by atoms with E-state index in [-0.39, 0.29) is 4.90 Å². The van der Waals surface area contributed by atoms with Crippen molar-refractivity contribution in [1.29, 1.82) is 0 Å². The average molecular weight is 469 g/mol. The van der Waals surface area contributed by atoms with Crippen LogP contribution in [-0.4, -0.2) is 71.6 Å². The lowest BCUT2D eigenvalue weighted by molar-refractivity contribution is -0.124. The first-order valence-electron chi connectivity index (χ1n) is 10.3. The van der Waals surface area contributed by atoms with Crippen LogP contribution in [0.1, 0.15) is 5.56 Å². The first-order valence-corrected chi connectivity index (χ1v) is 11.7. The van der Waals surface area contributed by atoms with Crippen LogP contribution in [0.5, 0.6) is 0 Å². The second kappa shape index (κ2) is 9.53. The van der Waals surface area contributed by atoms with Crippen LogP contribution in [0, 0.1) is 0 Å². The molecule has 4 rings (SSSR count). The maximum Gasteiger partial charge on any atom is 0.269 e. The smallest absolute Gasteiger partial charge is 0.269 e. The van der Waals surface area contributed by atoms with Crippen LogP contribution in [-0.2, 0) is 14.8 Å². The van der Waals surface area contributed by atoms with Crippen molar-refractivity contribution in [3.8, 4) is 11.3 Å². The summed E-state index contributed by atoms with van der Waals surface area (Å²) in [6.45, 7) is 3.75. The van der Waals surface area contributed by atoms with Crippen molar-refractivity contribution in [2.45, 2.75) is 4.90 Å². The normalized spacial score (nSPS) is 15.2. The minimum Gasteiger partial charge on any atom is -0.354 e. The molecule has 4 heterocycles. The van der Waals surface area contributed by atoms with Crippen LogP contribution in [0.2, 0.25) is 0 Å². The molecule has 0 aliphatic carbocycles. The summed E-state index contributed by atoms with van der Waals surface area (Å²) in [4.78, 5) is 24.5. The number of hydroxylamine groups is 1. The Hall–Kier alpha value is -3.54. The molecule has 10 nitrogen and oxygen atoms in total. The lowest BCUT2D eigenvalue weighted by atomic mass is 10.1. The highest BCUT2D eigenvalue weighted by Gasteiger charge is 2.18. The third kappa shape index (κ3) is 5.11. The molecule has 1 fully saturated rings. The number of carbonyl (C=O) groups is 1. The van der Waals surface area contributed by atoms with Gasteiger partial charge in [-0.05, 0) is 49.0 Å². The number of hydrogen-bond donors (Lipinski definition) is 2. The Morgan fingerprint density at radius 1 is 1.12 bits per heavy atom. The predicted molar refractivity (Wildman–Crippen MR) is 123 cm³/mol. The average Bonchev–Trinajstić information content (AvgIpc) is 3.33. The fourth-order valence-electron chi connectivity index (χ4n) is 3.46. The summed E-state index contributed by atoms with van der Waals surface area (Å²) in [5.74, 6) is 0.166. The van der Waals surface area contributed by atoms with Crippen molar-refractivity contribution in [3.05, 3.63) is 66.8 Å². The molecule has 0 spiro atoms. The first-order chi connectivity index (χ1) is 15.9. The molecule has 0 aromatic carbocycles. The van der Waals surface area contributed by atoms with Gasteiger partial charge >= 0.3 is 0 Å². The molecule has 2 N–H and O–H groups in total. The molecule has 11 heteroatoms. The van der Waals surface area contributed by atoms with Crippen LogP contribution >= 0.6 is 0 Å². The van der Waals surface area contributed by atoms with Crippen molar-refractivity contribution >= 4 is 27.8 Å². The number of carbonyl (C=O) groups excluding carboxylic acids is 1. The molecule has 0 saturated carbocycles. The van der Waals surface area contributed by atoms with Gasteiger partial charge in [-0.25, -0.2) is 22.9 Å². The molecule has 0 atom stereocenters. The van der Waals surface area contributed by atoms with Crippen LogP contribution < -0.4 is 10.4 Å². The lowest BCUT2D eigenvalue weighted by Crippen LogP contribution is -2.44. The maximum atomic E-state index is 12.9. The quantitative estimate of drug-likeness (QED) is 0.317. The highest BCUT2D eigenvalue weighted by atomic mass is 32.2. The van der Waals surface area contributed by atoms with Gasteiger partial charge in [0.05, 0.1) is 5.69 Å². The van der Waals surface area contributed by atoms with E-state index in [4.69, 9.17) is 5.21 Å². The summed E-state index contributed by atoms with van der Waals surface area (Å²) in [7, 11) is -1.75. The van der Waals surface area contributed by atoms with Gasteiger partial charge in [0.1, 0.15) is 10.7 Å².